The van der Waals surface area contributed by atoms with E-state index in [9.17, 15) is 4.79 Å². The molecule has 1 unspecified atom stereocenters. The van der Waals surface area contributed by atoms with Crippen LogP contribution in [0.2, 0.25) is 0 Å². The Morgan fingerprint density at radius 1 is 1.60 bits per heavy atom. The lowest BCUT2D eigenvalue weighted by Crippen LogP contribution is -2.22. The van der Waals surface area contributed by atoms with Crippen molar-refractivity contribution in [2.24, 2.45) is 0 Å². The molecule has 0 heterocycles. The van der Waals surface area contributed by atoms with Crippen LogP contribution in [0.15, 0.2) is 0 Å². The van der Waals surface area contributed by atoms with Gasteiger partial charge in [-0.3, -0.25) is 4.79 Å². The van der Waals surface area contributed by atoms with E-state index in [-0.39, 0.29) is 13.2 Å². The molecule has 0 bridgehead atoms. The molecule has 0 aliphatic carbocycles. The molecule has 0 saturated carbocycles. The molecule has 0 aliphatic rings. The molecule has 0 aromatic rings. The minimum absolute atomic E-state index is 0.00315. The molecular weight excluding hydrogens is 136 g/mol. The number of carbonyl (C=O) groups excluding carboxylic acids is 1. The molecule has 0 aromatic heterocycles. The van der Waals surface area contributed by atoms with E-state index in [1.54, 1.807) is 0 Å². The van der Waals surface area contributed by atoms with Crippen molar-refractivity contribution in [2.75, 3.05) is 20.3 Å². The third-order valence-electron chi connectivity index (χ3n) is 0.838. The number of hydrogen-bond donors (Lipinski definition) is 1. The van der Waals surface area contributed by atoms with Crippen molar-refractivity contribution >= 4 is 5.97 Å². The van der Waals surface area contributed by atoms with E-state index in [0.717, 1.165) is 0 Å². The maximum Gasteiger partial charge on any atom is 0.302 e. The second-order valence-corrected chi connectivity index (χ2v) is 1.91. The van der Waals surface area contributed by atoms with Crippen molar-refractivity contribution in [3.8, 4) is 0 Å². The second kappa shape index (κ2) is 5.20. The monoisotopic (exact) mass is 148 g/mol. The van der Waals surface area contributed by atoms with Gasteiger partial charge in [0.2, 0.25) is 0 Å². The van der Waals surface area contributed by atoms with Crippen LogP contribution in [0.1, 0.15) is 6.92 Å². The normalized spacial score (nSPS) is 12.7. The Morgan fingerprint density at radius 3 is 2.60 bits per heavy atom. The first-order valence-corrected chi connectivity index (χ1v) is 2.97. The van der Waals surface area contributed by atoms with Crippen molar-refractivity contribution in [1.29, 1.82) is 0 Å². The Kier molecular flexibility index (Phi) is 4.88. The van der Waals surface area contributed by atoms with Gasteiger partial charge in [0, 0.05) is 14.0 Å². The molecule has 60 valence electrons. The van der Waals surface area contributed by atoms with Crippen LogP contribution in [0.25, 0.3) is 0 Å². The van der Waals surface area contributed by atoms with E-state index < -0.39 is 12.1 Å². The van der Waals surface area contributed by atoms with E-state index in [1.807, 2.05) is 0 Å². The molecule has 0 spiro atoms. The number of methoxy groups -OCH3 is 1. The first-order valence-electron chi connectivity index (χ1n) is 2.97. The zero-order chi connectivity index (χ0) is 7.98. The molecule has 0 aromatic carbocycles. The molecule has 0 amide bonds. The van der Waals surface area contributed by atoms with Crippen LogP contribution in [0, 0.1) is 0 Å². The molecular formula is C6H12O4. The van der Waals surface area contributed by atoms with Gasteiger partial charge < -0.3 is 14.6 Å². The van der Waals surface area contributed by atoms with Crippen LogP contribution >= 0.6 is 0 Å². The van der Waals surface area contributed by atoms with Crippen LogP contribution in [-0.2, 0) is 14.3 Å². The van der Waals surface area contributed by atoms with Gasteiger partial charge in [-0.15, -0.1) is 0 Å². The summed E-state index contributed by atoms with van der Waals surface area (Å²) in [5.74, 6) is -0.393. The molecule has 0 aliphatic heterocycles. The quantitative estimate of drug-likeness (QED) is 0.549. The van der Waals surface area contributed by atoms with Gasteiger partial charge in [-0.05, 0) is 0 Å². The fourth-order valence-electron chi connectivity index (χ4n) is 0.454. The number of aliphatic hydroxyl groups is 1. The first kappa shape index (κ1) is 9.39. The highest BCUT2D eigenvalue weighted by atomic mass is 16.5. The predicted molar refractivity (Wildman–Crippen MR) is 34.5 cm³/mol. The lowest BCUT2D eigenvalue weighted by molar-refractivity contribution is -0.144. The summed E-state index contributed by atoms with van der Waals surface area (Å²) in [5.41, 5.74) is 0. The zero-order valence-corrected chi connectivity index (χ0v) is 6.16. The van der Waals surface area contributed by atoms with Gasteiger partial charge in [0.05, 0.1) is 6.61 Å². The molecule has 0 radical (unpaired) electrons. The molecule has 0 saturated heterocycles. The van der Waals surface area contributed by atoms with Gasteiger partial charge in [-0.2, -0.15) is 0 Å². The Balaban J connectivity index is 3.21. The van der Waals surface area contributed by atoms with Crippen molar-refractivity contribution in [3.63, 3.8) is 0 Å². The zero-order valence-electron chi connectivity index (χ0n) is 6.16. The number of hydrogen-bond acceptors (Lipinski definition) is 4. The summed E-state index contributed by atoms with van der Waals surface area (Å²) < 4.78 is 9.08. The maximum atomic E-state index is 10.2. The van der Waals surface area contributed by atoms with Crippen molar-refractivity contribution in [3.05, 3.63) is 0 Å². The summed E-state index contributed by atoms with van der Waals surface area (Å²) in [7, 11) is 1.47. The minimum Gasteiger partial charge on any atom is -0.463 e. The Bertz CT molecular complexity index is 102. The van der Waals surface area contributed by atoms with Crippen LogP contribution < -0.4 is 0 Å². The third-order valence-corrected chi connectivity index (χ3v) is 0.838. The Hall–Kier alpha value is -0.610. The van der Waals surface area contributed by atoms with Gasteiger partial charge in [0.1, 0.15) is 12.7 Å². The highest BCUT2D eigenvalue weighted by molar-refractivity contribution is 5.65. The smallest absolute Gasteiger partial charge is 0.302 e. The predicted octanol–water partition coefficient (Wildman–Crippen LogP) is -0.443. The van der Waals surface area contributed by atoms with E-state index in [0.29, 0.717) is 0 Å². The number of carbonyl (C=O) groups is 1. The topological polar surface area (TPSA) is 55.8 Å². The molecule has 10 heavy (non-hydrogen) atoms. The number of aliphatic hydroxyl groups excluding tert-OH is 1. The minimum atomic E-state index is -0.714. The van der Waals surface area contributed by atoms with E-state index in [1.165, 1.54) is 14.0 Å². The molecule has 1 atom stereocenters. The van der Waals surface area contributed by atoms with E-state index in [2.05, 4.69) is 9.47 Å². The fraction of sp³-hybridized carbons (Fsp3) is 0.833. The van der Waals surface area contributed by atoms with Gasteiger partial charge in [-0.1, -0.05) is 0 Å². The highest BCUT2D eigenvalue weighted by Gasteiger charge is 2.03. The molecule has 4 nitrogen and oxygen atoms in total. The average molecular weight is 148 g/mol. The second-order valence-electron chi connectivity index (χ2n) is 1.91. The summed E-state index contributed by atoms with van der Waals surface area (Å²) in [5, 5.41) is 8.90. The molecule has 0 fully saturated rings. The molecule has 0 rings (SSSR count). The summed E-state index contributed by atoms with van der Waals surface area (Å²) in [4.78, 5) is 10.2. The summed E-state index contributed by atoms with van der Waals surface area (Å²) >= 11 is 0. The largest absolute Gasteiger partial charge is 0.463 e. The van der Waals surface area contributed by atoms with Crippen molar-refractivity contribution in [1.82, 2.24) is 0 Å². The van der Waals surface area contributed by atoms with Crippen LogP contribution in [0.5, 0.6) is 0 Å². The van der Waals surface area contributed by atoms with Crippen molar-refractivity contribution in [2.45, 2.75) is 13.0 Å². The van der Waals surface area contributed by atoms with Gasteiger partial charge in [-0.25, -0.2) is 0 Å². The van der Waals surface area contributed by atoms with Gasteiger partial charge in [0.15, 0.2) is 0 Å². The summed E-state index contributed by atoms with van der Waals surface area (Å²) in [6.45, 7) is 1.48. The number of esters is 1. The van der Waals surface area contributed by atoms with Gasteiger partial charge >= 0.3 is 5.97 Å². The Labute approximate surface area is 59.7 Å². The number of rotatable bonds is 4. The Morgan fingerprint density at radius 2 is 2.20 bits per heavy atom. The van der Waals surface area contributed by atoms with E-state index in [4.69, 9.17) is 5.11 Å². The lowest BCUT2D eigenvalue weighted by atomic mass is 10.4. The highest BCUT2D eigenvalue weighted by Crippen LogP contribution is 1.85. The molecule has 4 heteroatoms. The first-order chi connectivity index (χ1) is 4.66. The number of ether oxygens (including phenoxy) is 2. The van der Waals surface area contributed by atoms with Crippen LogP contribution in [0.3, 0.4) is 0 Å². The SMILES string of the molecule is COCC(O)COC(C)=O. The lowest BCUT2D eigenvalue weighted by Gasteiger charge is -2.07. The maximum absolute atomic E-state index is 10.2. The van der Waals surface area contributed by atoms with Crippen LogP contribution in [-0.4, -0.2) is 37.5 Å². The molecule has 1 N–H and O–H groups in total. The van der Waals surface area contributed by atoms with Crippen LogP contribution in [0.4, 0.5) is 0 Å². The van der Waals surface area contributed by atoms with Crippen molar-refractivity contribution < 1.29 is 19.4 Å². The summed E-state index contributed by atoms with van der Waals surface area (Å²) in [6.07, 6.45) is -0.714. The average Bonchev–Trinajstić information content (AvgIpc) is 1.85. The van der Waals surface area contributed by atoms with Gasteiger partial charge in [0.25, 0.3) is 0 Å². The van der Waals surface area contributed by atoms with E-state index >= 15 is 0 Å². The standard InChI is InChI=1S/C6H12O4/c1-5(7)10-4-6(8)3-9-2/h6,8H,3-4H2,1-2H3. The third kappa shape index (κ3) is 5.53. The summed E-state index contributed by atoms with van der Waals surface area (Å²) in [6, 6.07) is 0. The fourth-order valence-corrected chi connectivity index (χ4v) is 0.454.